The smallest absolute Gasteiger partial charge is 0.127 e. The van der Waals surface area contributed by atoms with E-state index in [-0.39, 0.29) is 17.5 Å². The van der Waals surface area contributed by atoms with Gasteiger partial charge in [-0.1, -0.05) is 19.9 Å². The average Bonchev–Trinajstić information content (AvgIpc) is 2.40. The minimum absolute atomic E-state index is 0.0500. The molecule has 1 atom stereocenters. The van der Waals surface area contributed by atoms with Crippen LogP contribution in [-0.2, 0) is 0 Å². The van der Waals surface area contributed by atoms with E-state index in [1.807, 2.05) is 0 Å². The Hall–Kier alpha value is -1.13. The Kier molecular flexibility index (Phi) is 3.93. The highest BCUT2D eigenvalue weighted by molar-refractivity contribution is 5.39. The van der Waals surface area contributed by atoms with Crippen molar-refractivity contribution in [1.29, 1.82) is 0 Å². The summed E-state index contributed by atoms with van der Waals surface area (Å²) in [4.78, 5) is 2.49. The molecule has 1 aromatic rings. The summed E-state index contributed by atoms with van der Waals surface area (Å²) in [7, 11) is 0. The predicted octanol–water partition coefficient (Wildman–Crippen LogP) is 3.10. The van der Waals surface area contributed by atoms with E-state index < -0.39 is 0 Å². The highest BCUT2D eigenvalue weighted by atomic mass is 19.1. The van der Waals surface area contributed by atoms with Gasteiger partial charge in [0.2, 0.25) is 0 Å². The van der Waals surface area contributed by atoms with Crippen LogP contribution in [0, 0.1) is 11.7 Å². The number of halogens is 1. The van der Waals surface area contributed by atoms with Crippen molar-refractivity contribution in [3.05, 3.63) is 29.6 Å². The molecule has 0 saturated carbocycles. The molecule has 1 spiro atoms. The fourth-order valence-corrected chi connectivity index (χ4v) is 3.65. The van der Waals surface area contributed by atoms with Crippen LogP contribution in [0.5, 0.6) is 5.75 Å². The molecule has 116 valence electrons. The second-order valence-corrected chi connectivity index (χ2v) is 6.97. The molecule has 1 saturated heterocycles. The molecule has 3 rings (SSSR count). The normalized spacial score (nSPS) is 24.9. The SMILES string of the molecule is CC(C)CN1CCC2(CC1)C[C@@H](N)c1ccc(F)cc1O2. The molecule has 0 unspecified atom stereocenters. The molecule has 0 aliphatic carbocycles. The van der Waals surface area contributed by atoms with Crippen molar-refractivity contribution in [1.82, 2.24) is 4.90 Å². The molecule has 0 radical (unpaired) electrons. The van der Waals surface area contributed by atoms with Gasteiger partial charge in [-0.25, -0.2) is 4.39 Å². The van der Waals surface area contributed by atoms with E-state index in [0.717, 1.165) is 44.5 Å². The second-order valence-electron chi connectivity index (χ2n) is 6.97. The molecule has 1 fully saturated rings. The van der Waals surface area contributed by atoms with Gasteiger partial charge in [-0.3, -0.25) is 0 Å². The van der Waals surface area contributed by atoms with E-state index in [4.69, 9.17) is 10.5 Å². The minimum Gasteiger partial charge on any atom is -0.487 e. The topological polar surface area (TPSA) is 38.5 Å². The number of fused-ring (bicyclic) bond motifs is 1. The Morgan fingerprint density at radius 3 is 2.76 bits per heavy atom. The van der Waals surface area contributed by atoms with Gasteiger partial charge in [0.05, 0.1) is 0 Å². The van der Waals surface area contributed by atoms with Crippen LogP contribution < -0.4 is 10.5 Å². The van der Waals surface area contributed by atoms with E-state index in [1.165, 1.54) is 12.1 Å². The molecule has 0 bridgehead atoms. The molecule has 2 aliphatic heterocycles. The number of benzene rings is 1. The minimum atomic E-state index is -0.254. The number of hydrogen-bond donors (Lipinski definition) is 1. The van der Waals surface area contributed by atoms with Crippen molar-refractivity contribution >= 4 is 0 Å². The lowest BCUT2D eigenvalue weighted by molar-refractivity contribution is -0.0238. The summed E-state index contributed by atoms with van der Waals surface area (Å²) in [5, 5.41) is 0. The molecular formula is C17H25FN2O. The first-order chi connectivity index (χ1) is 9.97. The van der Waals surface area contributed by atoms with Crippen molar-refractivity contribution in [2.75, 3.05) is 19.6 Å². The summed E-state index contributed by atoms with van der Waals surface area (Å²) in [6.07, 6.45) is 2.79. The molecule has 1 aromatic carbocycles. The Balaban J connectivity index is 1.74. The Morgan fingerprint density at radius 2 is 2.10 bits per heavy atom. The van der Waals surface area contributed by atoms with E-state index >= 15 is 0 Å². The zero-order valence-electron chi connectivity index (χ0n) is 12.9. The maximum absolute atomic E-state index is 13.5. The maximum Gasteiger partial charge on any atom is 0.127 e. The standard InChI is InChI=1S/C17H25FN2O/c1-12(2)11-20-7-5-17(6-8-20)10-15(19)14-4-3-13(18)9-16(14)21-17/h3-4,9,12,15H,5-8,10-11,19H2,1-2H3/t15-/m1/s1. The van der Waals surface area contributed by atoms with Gasteiger partial charge in [0.1, 0.15) is 17.2 Å². The molecule has 0 amide bonds. The zero-order valence-corrected chi connectivity index (χ0v) is 12.9. The van der Waals surface area contributed by atoms with Gasteiger partial charge in [0.25, 0.3) is 0 Å². The van der Waals surface area contributed by atoms with Crippen molar-refractivity contribution in [2.45, 2.75) is 44.8 Å². The van der Waals surface area contributed by atoms with Gasteiger partial charge in [-0.2, -0.15) is 0 Å². The van der Waals surface area contributed by atoms with E-state index in [9.17, 15) is 4.39 Å². The lowest BCUT2D eigenvalue weighted by Crippen LogP contribution is -2.51. The average molecular weight is 292 g/mol. The van der Waals surface area contributed by atoms with E-state index in [2.05, 4.69) is 18.7 Å². The number of likely N-dealkylation sites (tertiary alicyclic amines) is 1. The zero-order chi connectivity index (χ0) is 15.0. The Morgan fingerprint density at radius 1 is 1.38 bits per heavy atom. The Bertz CT molecular complexity index is 510. The monoisotopic (exact) mass is 292 g/mol. The summed E-state index contributed by atoms with van der Waals surface area (Å²) >= 11 is 0. The maximum atomic E-state index is 13.5. The van der Waals surface area contributed by atoms with Crippen LogP contribution in [0.2, 0.25) is 0 Å². The van der Waals surface area contributed by atoms with Crippen LogP contribution >= 0.6 is 0 Å². The molecule has 2 aliphatic rings. The number of nitrogens with zero attached hydrogens (tertiary/aromatic N) is 1. The number of piperidine rings is 1. The first-order valence-electron chi connectivity index (χ1n) is 7.94. The van der Waals surface area contributed by atoms with Crippen molar-refractivity contribution in [2.24, 2.45) is 11.7 Å². The first-order valence-corrected chi connectivity index (χ1v) is 7.94. The lowest BCUT2D eigenvalue weighted by atomic mass is 9.81. The second kappa shape index (κ2) is 5.58. The fraction of sp³-hybridized carbons (Fsp3) is 0.647. The van der Waals surface area contributed by atoms with Crippen LogP contribution in [0.4, 0.5) is 4.39 Å². The fourth-order valence-electron chi connectivity index (χ4n) is 3.65. The van der Waals surface area contributed by atoms with Gasteiger partial charge in [0, 0.05) is 43.7 Å². The number of nitrogens with two attached hydrogens (primary N) is 1. The Labute approximate surface area is 126 Å². The third kappa shape index (κ3) is 3.06. The summed E-state index contributed by atoms with van der Waals surface area (Å²) in [6, 6.07) is 4.66. The lowest BCUT2D eigenvalue weighted by Gasteiger charge is -2.46. The number of rotatable bonds is 2. The van der Waals surface area contributed by atoms with Crippen LogP contribution in [0.25, 0.3) is 0 Å². The third-order valence-electron chi connectivity index (χ3n) is 4.68. The molecular weight excluding hydrogens is 267 g/mol. The van der Waals surface area contributed by atoms with E-state index in [1.54, 1.807) is 6.07 Å². The summed E-state index contributed by atoms with van der Waals surface area (Å²) in [5.41, 5.74) is 7.04. The molecule has 4 heteroatoms. The highest BCUT2D eigenvalue weighted by Gasteiger charge is 2.42. The van der Waals surface area contributed by atoms with Crippen LogP contribution in [-0.4, -0.2) is 30.1 Å². The van der Waals surface area contributed by atoms with Gasteiger partial charge < -0.3 is 15.4 Å². The first kappa shape index (κ1) is 14.8. The van der Waals surface area contributed by atoms with E-state index in [0.29, 0.717) is 11.7 Å². The van der Waals surface area contributed by atoms with Gasteiger partial charge >= 0.3 is 0 Å². The number of ether oxygens (including phenoxy) is 1. The molecule has 3 nitrogen and oxygen atoms in total. The highest BCUT2D eigenvalue weighted by Crippen LogP contribution is 2.43. The van der Waals surface area contributed by atoms with Gasteiger partial charge in [-0.15, -0.1) is 0 Å². The summed E-state index contributed by atoms with van der Waals surface area (Å²) < 4.78 is 19.7. The summed E-state index contributed by atoms with van der Waals surface area (Å²) in [5.74, 6) is 1.07. The van der Waals surface area contributed by atoms with Gasteiger partial charge in [-0.05, 0) is 24.8 Å². The van der Waals surface area contributed by atoms with Crippen molar-refractivity contribution < 1.29 is 9.13 Å². The third-order valence-corrected chi connectivity index (χ3v) is 4.68. The van der Waals surface area contributed by atoms with Crippen LogP contribution in [0.1, 0.15) is 44.7 Å². The number of hydrogen-bond acceptors (Lipinski definition) is 3. The van der Waals surface area contributed by atoms with Crippen LogP contribution in [0.15, 0.2) is 18.2 Å². The molecule has 0 aromatic heterocycles. The van der Waals surface area contributed by atoms with Crippen molar-refractivity contribution in [3.8, 4) is 5.75 Å². The molecule has 21 heavy (non-hydrogen) atoms. The van der Waals surface area contributed by atoms with Crippen LogP contribution in [0.3, 0.4) is 0 Å². The van der Waals surface area contributed by atoms with Crippen molar-refractivity contribution in [3.63, 3.8) is 0 Å². The quantitative estimate of drug-likeness (QED) is 0.910. The van der Waals surface area contributed by atoms with Gasteiger partial charge in [0.15, 0.2) is 0 Å². The summed E-state index contributed by atoms with van der Waals surface area (Å²) in [6.45, 7) is 7.70. The largest absolute Gasteiger partial charge is 0.487 e. The predicted molar refractivity (Wildman–Crippen MR) is 81.8 cm³/mol. The molecule has 2 heterocycles. The molecule has 2 N–H and O–H groups in total.